The molecule has 0 aliphatic rings. The molecule has 0 bridgehead atoms. The van der Waals surface area contributed by atoms with E-state index in [-0.39, 0.29) is 0 Å². The fourth-order valence-electron chi connectivity index (χ4n) is 3.10. The average Bonchev–Trinajstić information content (AvgIpc) is 3.17. The number of para-hydroxylation sites is 1. The second-order valence-electron chi connectivity index (χ2n) is 6.58. The Hall–Kier alpha value is -3.06. The molecule has 3 aromatic rings. The van der Waals surface area contributed by atoms with Gasteiger partial charge in [0.1, 0.15) is 6.61 Å². The third kappa shape index (κ3) is 5.96. The summed E-state index contributed by atoms with van der Waals surface area (Å²) >= 11 is 0. The van der Waals surface area contributed by atoms with Crippen molar-refractivity contribution in [2.75, 3.05) is 33.9 Å². The molecule has 0 unspecified atom stereocenters. The highest BCUT2D eigenvalue weighted by molar-refractivity contribution is 5.80. The minimum absolute atomic E-state index is 0.474. The molecule has 0 aliphatic carbocycles. The molecule has 1 aromatic carbocycles. The first-order chi connectivity index (χ1) is 14.3. The molecule has 7 nitrogen and oxygen atoms in total. The number of guanidine groups is 1. The van der Waals surface area contributed by atoms with Gasteiger partial charge in [-0.15, -0.1) is 0 Å². The Morgan fingerprint density at radius 1 is 1.10 bits per heavy atom. The maximum atomic E-state index is 5.68. The normalized spacial score (nSPS) is 11.6. The van der Waals surface area contributed by atoms with Crippen LogP contribution < -0.4 is 15.4 Å². The third-order valence-electron chi connectivity index (χ3n) is 4.59. The number of hydrogen-bond acceptors (Lipinski definition) is 4. The van der Waals surface area contributed by atoms with Crippen LogP contribution in [-0.2, 0) is 17.8 Å². The Morgan fingerprint density at radius 2 is 2.00 bits per heavy atom. The molecule has 2 N–H and O–H groups in total. The van der Waals surface area contributed by atoms with Crippen LogP contribution in [0.15, 0.2) is 59.9 Å². The Labute approximate surface area is 171 Å². The average molecular weight is 396 g/mol. The molecule has 0 fully saturated rings. The standard InChI is InChI=1S/C22H29N5O2/c1-23-22(26-17-19-8-5-11-24-21(19)29-16-15-28-2)25-12-6-13-27-14-10-18-7-3-4-9-20(18)27/h3-5,7-11,14H,6,12-13,15-17H2,1-2H3,(H2,23,25,26). The van der Waals surface area contributed by atoms with Crippen molar-refractivity contribution >= 4 is 16.9 Å². The zero-order chi connectivity index (χ0) is 20.3. The first-order valence-corrected chi connectivity index (χ1v) is 9.86. The number of ether oxygens (including phenoxy) is 2. The lowest BCUT2D eigenvalue weighted by atomic mass is 10.2. The van der Waals surface area contributed by atoms with Gasteiger partial charge in [-0.1, -0.05) is 24.3 Å². The summed E-state index contributed by atoms with van der Waals surface area (Å²) in [6, 6.07) is 14.5. The van der Waals surface area contributed by atoms with E-state index >= 15 is 0 Å². The number of pyridine rings is 1. The van der Waals surface area contributed by atoms with Crippen LogP contribution in [-0.4, -0.2) is 49.4 Å². The van der Waals surface area contributed by atoms with Gasteiger partial charge in [0.2, 0.25) is 5.88 Å². The number of aryl methyl sites for hydroxylation is 1. The maximum Gasteiger partial charge on any atom is 0.218 e. The van der Waals surface area contributed by atoms with Gasteiger partial charge in [-0.2, -0.15) is 0 Å². The quantitative estimate of drug-likeness (QED) is 0.314. The number of nitrogens with zero attached hydrogens (tertiary/aromatic N) is 3. The number of methoxy groups -OCH3 is 1. The van der Waals surface area contributed by atoms with E-state index in [1.165, 1.54) is 10.9 Å². The van der Waals surface area contributed by atoms with Gasteiger partial charge in [-0.25, -0.2) is 4.98 Å². The second kappa shape index (κ2) is 11.1. The van der Waals surface area contributed by atoms with Gasteiger partial charge >= 0.3 is 0 Å². The molecule has 2 aromatic heterocycles. The number of benzene rings is 1. The van der Waals surface area contributed by atoms with Crippen molar-refractivity contribution < 1.29 is 9.47 Å². The topological polar surface area (TPSA) is 72.7 Å². The molecule has 3 rings (SSSR count). The zero-order valence-electron chi connectivity index (χ0n) is 17.1. The van der Waals surface area contributed by atoms with E-state index in [0.29, 0.717) is 25.6 Å². The molecule has 0 atom stereocenters. The van der Waals surface area contributed by atoms with Crippen LogP contribution in [0.5, 0.6) is 5.88 Å². The van der Waals surface area contributed by atoms with Crippen LogP contribution in [0.25, 0.3) is 10.9 Å². The largest absolute Gasteiger partial charge is 0.475 e. The highest BCUT2D eigenvalue weighted by atomic mass is 16.5. The van der Waals surface area contributed by atoms with Gasteiger partial charge in [0.15, 0.2) is 5.96 Å². The van der Waals surface area contributed by atoms with Crippen LogP contribution in [0, 0.1) is 0 Å². The summed E-state index contributed by atoms with van der Waals surface area (Å²) in [5.74, 6) is 1.38. The van der Waals surface area contributed by atoms with Crippen molar-refractivity contribution in [2.24, 2.45) is 4.99 Å². The van der Waals surface area contributed by atoms with E-state index in [1.807, 2.05) is 12.1 Å². The van der Waals surface area contributed by atoms with Crippen LogP contribution in [0.1, 0.15) is 12.0 Å². The van der Waals surface area contributed by atoms with Crippen molar-refractivity contribution in [3.63, 3.8) is 0 Å². The summed E-state index contributed by atoms with van der Waals surface area (Å²) in [6.45, 7) is 3.37. The molecule has 0 amide bonds. The van der Waals surface area contributed by atoms with Crippen molar-refractivity contribution in [2.45, 2.75) is 19.5 Å². The monoisotopic (exact) mass is 395 g/mol. The summed E-state index contributed by atoms with van der Waals surface area (Å²) < 4.78 is 13.0. The van der Waals surface area contributed by atoms with Gasteiger partial charge in [0.05, 0.1) is 6.61 Å². The summed E-state index contributed by atoms with van der Waals surface area (Å²) in [5, 5.41) is 7.96. The SMILES string of the molecule is CN=C(NCCCn1ccc2ccccc21)NCc1cccnc1OCCOC. The van der Waals surface area contributed by atoms with Crippen LogP contribution >= 0.6 is 0 Å². The molecule has 0 radical (unpaired) electrons. The number of aromatic nitrogens is 2. The lowest BCUT2D eigenvalue weighted by molar-refractivity contribution is 0.143. The predicted octanol–water partition coefficient (Wildman–Crippen LogP) is 2.82. The van der Waals surface area contributed by atoms with Crippen LogP contribution in [0.4, 0.5) is 0 Å². The molecule has 7 heteroatoms. The molecule has 0 saturated carbocycles. The molecule has 29 heavy (non-hydrogen) atoms. The molecule has 0 saturated heterocycles. The first-order valence-electron chi connectivity index (χ1n) is 9.86. The van der Waals surface area contributed by atoms with Crippen molar-refractivity contribution in [1.29, 1.82) is 0 Å². The molecular formula is C22H29N5O2. The molecule has 0 aliphatic heterocycles. The summed E-state index contributed by atoms with van der Waals surface area (Å²) in [6.07, 6.45) is 4.87. The van der Waals surface area contributed by atoms with E-state index < -0.39 is 0 Å². The highest BCUT2D eigenvalue weighted by Gasteiger charge is 2.06. The maximum absolute atomic E-state index is 5.68. The molecule has 2 heterocycles. The van der Waals surface area contributed by atoms with Gasteiger partial charge < -0.3 is 24.7 Å². The number of fused-ring (bicyclic) bond motifs is 1. The van der Waals surface area contributed by atoms with Gasteiger partial charge in [-0.3, -0.25) is 4.99 Å². The number of nitrogens with one attached hydrogen (secondary N) is 2. The fourth-order valence-corrected chi connectivity index (χ4v) is 3.10. The molecule has 154 valence electrons. The van der Waals surface area contributed by atoms with E-state index in [1.54, 1.807) is 20.4 Å². The van der Waals surface area contributed by atoms with E-state index in [4.69, 9.17) is 9.47 Å². The minimum atomic E-state index is 0.474. The minimum Gasteiger partial charge on any atom is -0.475 e. The fraction of sp³-hybridized carbons (Fsp3) is 0.364. The van der Waals surface area contributed by atoms with Crippen molar-refractivity contribution in [3.05, 3.63) is 60.4 Å². The number of rotatable bonds is 10. The van der Waals surface area contributed by atoms with Crippen LogP contribution in [0.2, 0.25) is 0 Å². The Bertz CT molecular complexity index is 922. The Kier molecular flexibility index (Phi) is 7.89. The predicted molar refractivity (Wildman–Crippen MR) is 116 cm³/mol. The van der Waals surface area contributed by atoms with E-state index in [9.17, 15) is 0 Å². The Balaban J connectivity index is 1.44. The highest BCUT2D eigenvalue weighted by Crippen LogP contribution is 2.15. The van der Waals surface area contributed by atoms with Crippen molar-refractivity contribution in [3.8, 4) is 5.88 Å². The molecule has 0 spiro atoms. The summed E-state index contributed by atoms with van der Waals surface area (Å²) in [4.78, 5) is 8.60. The second-order valence-corrected chi connectivity index (χ2v) is 6.58. The smallest absolute Gasteiger partial charge is 0.218 e. The molecular weight excluding hydrogens is 366 g/mol. The third-order valence-corrected chi connectivity index (χ3v) is 4.59. The van der Waals surface area contributed by atoms with Gasteiger partial charge in [-0.05, 0) is 30.0 Å². The first kappa shape index (κ1) is 20.7. The van der Waals surface area contributed by atoms with Crippen molar-refractivity contribution in [1.82, 2.24) is 20.2 Å². The summed E-state index contributed by atoms with van der Waals surface area (Å²) in [5.41, 5.74) is 2.25. The van der Waals surface area contributed by atoms with E-state index in [2.05, 4.69) is 61.7 Å². The number of aliphatic imine (C=N–C) groups is 1. The van der Waals surface area contributed by atoms with Crippen LogP contribution in [0.3, 0.4) is 0 Å². The van der Waals surface area contributed by atoms with Gasteiger partial charge in [0, 0.05) is 57.3 Å². The van der Waals surface area contributed by atoms with Gasteiger partial charge in [0.25, 0.3) is 0 Å². The summed E-state index contributed by atoms with van der Waals surface area (Å²) in [7, 11) is 3.42. The lowest BCUT2D eigenvalue weighted by Crippen LogP contribution is -2.37. The zero-order valence-corrected chi connectivity index (χ0v) is 17.1. The lowest BCUT2D eigenvalue weighted by Gasteiger charge is -2.14. The number of hydrogen-bond donors (Lipinski definition) is 2. The Morgan fingerprint density at radius 3 is 2.86 bits per heavy atom. The van der Waals surface area contributed by atoms with E-state index in [0.717, 1.165) is 31.0 Å².